The molecule has 4 N–H and O–H groups in total. The molecule has 0 bridgehead atoms. The van der Waals surface area contributed by atoms with Crippen LogP contribution in [0.4, 0.5) is 8.78 Å². The zero-order valence-electron chi connectivity index (χ0n) is 11.8. The van der Waals surface area contributed by atoms with Gasteiger partial charge in [-0.05, 0) is 36.5 Å². The molecule has 21 heavy (non-hydrogen) atoms. The van der Waals surface area contributed by atoms with E-state index in [1.165, 1.54) is 12.1 Å². The molecule has 118 valence electrons. The number of rotatable bonds is 7. The highest BCUT2D eigenvalue weighted by atomic mass is 19.3. The minimum absolute atomic E-state index is 0.0530. The normalized spacial score (nSPS) is 23.5. The van der Waals surface area contributed by atoms with Gasteiger partial charge in [-0.15, -0.1) is 0 Å². The molecule has 0 spiro atoms. The molecular weight excluding hydrogens is 278 g/mol. The van der Waals surface area contributed by atoms with Crippen molar-refractivity contribution in [1.29, 1.82) is 0 Å². The van der Waals surface area contributed by atoms with Crippen LogP contribution in [0.5, 0.6) is 5.75 Å². The zero-order chi connectivity index (χ0) is 15.2. The third-order valence-corrected chi connectivity index (χ3v) is 4.05. The Balaban J connectivity index is 2.00. The Morgan fingerprint density at radius 1 is 1.29 bits per heavy atom. The Hall–Kier alpha value is -1.24. The first kappa shape index (κ1) is 16.1. The number of hydrogen-bond acceptors (Lipinski definition) is 4. The lowest BCUT2D eigenvalue weighted by molar-refractivity contribution is -0.0498. The number of benzene rings is 1. The first-order chi connectivity index (χ1) is 10.1. The molecule has 0 radical (unpaired) electrons. The topological polar surface area (TPSA) is 67.5 Å². The van der Waals surface area contributed by atoms with E-state index in [9.17, 15) is 13.9 Å². The van der Waals surface area contributed by atoms with Gasteiger partial charge in [0.05, 0.1) is 0 Å². The van der Waals surface area contributed by atoms with Gasteiger partial charge in [0, 0.05) is 25.2 Å². The molecule has 1 aromatic carbocycles. The van der Waals surface area contributed by atoms with E-state index in [-0.39, 0.29) is 30.4 Å². The van der Waals surface area contributed by atoms with Crippen LogP contribution < -0.4 is 15.8 Å². The maximum atomic E-state index is 12.1. The van der Waals surface area contributed by atoms with E-state index >= 15 is 0 Å². The minimum atomic E-state index is -2.82. The van der Waals surface area contributed by atoms with Crippen LogP contribution in [0.3, 0.4) is 0 Å². The first-order valence-electron chi connectivity index (χ1n) is 7.25. The van der Waals surface area contributed by atoms with Crippen LogP contribution in [0.25, 0.3) is 0 Å². The fraction of sp³-hybridized carbons (Fsp3) is 0.600. The monoisotopic (exact) mass is 300 g/mol. The van der Waals surface area contributed by atoms with Crippen LogP contribution in [0.15, 0.2) is 24.3 Å². The second-order valence-electron chi connectivity index (χ2n) is 5.38. The van der Waals surface area contributed by atoms with Gasteiger partial charge >= 0.3 is 6.61 Å². The molecule has 1 aromatic rings. The van der Waals surface area contributed by atoms with Crippen LogP contribution in [0.1, 0.15) is 30.9 Å². The summed E-state index contributed by atoms with van der Waals surface area (Å²) in [6.45, 7) is -2.23. The Bertz CT molecular complexity index is 428. The fourth-order valence-electron chi connectivity index (χ4n) is 2.92. The molecule has 1 saturated carbocycles. The number of alkyl halides is 2. The van der Waals surface area contributed by atoms with Crippen molar-refractivity contribution in [1.82, 2.24) is 5.32 Å². The van der Waals surface area contributed by atoms with Crippen molar-refractivity contribution < 1.29 is 18.6 Å². The molecule has 3 unspecified atom stereocenters. The van der Waals surface area contributed by atoms with Gasteiger partial charge in [0.15, 0.2) is 0 Å². The van der Waals surface area contributed by atoms with Gasteiger partial charge in [-0.2, -0.15) is 8.78 Å². The first-order valence-corrected chi connectivity index (χ1v) is 7.25. The quantitative estimate of drug-likeness (QED) is 0.721. The van der Waals surface area contributed by atoms with E-state index in [1.807, 2.05) is 0 Å². The summed E-state index contributed by atoms with van der Waals surface area (Å²) < 4.78 is 28.6. The molecule has 0 aliphatic heterocycles. The van der Waals surface area contributed by atoms with Crippen molar-refractivity contribution in [3.63, 3.8) is 0 Å². The molecule has 4 nitrogen and oxygen atoms in total. The van der Waals surface area contributed by atoms with Crippen molar-refractivity contribution in [2.75, 3.05) is 13.2 Å². The summed E-state index contributed by atoms with van der Waals surface area (Å²) >= 11 is 0. The molecule has 1 aliphatic rings. The van der Waals surface area contributed by atoms with Gasteiger partial charge in [-0.1, -0.05) is 18.6 Å². The average Bonchev–Trinajstić information content (AvgIpc) is 2.92. The van der Waals surface area contributed by atoms with Gasteiger partial charge in [0.1, 0.15) is 5.75 Å². The summed E-state index contributed by atoms with van der Waals surface area (Å²) in [5, 5.41) is 12.8. The molecule has 1 aliphatic carbocycles. The van der Waals surface area contributed by atoms with Crippen LogP contribution in [-0.2, 0) is 0 Å². The molecule has 0 amide bonds. The van der Waals surface area contributed by atoms with Gasteiger partial charge in [0.25, 0.3) is 0 Å². The highest BCUT2D eigenvalue weighted by molar-refractivity contribution is 5.29. The highest BCUT2D eigenvalue weighted by Crippen LogP contribution is 2.28. The molecule has 3 atom stereocenters. The third kappa shape index (κ3) is 4.36. The summed E-state index contributed by atoms with van der Waals surface area (Å²) in [5.74, 6) is 0.402. The maximum Gasteiger partial charge on any atom is 0.387 e. The smallest absolute Gasteiger partial charge is 0.387 e. The lowest BCUT2D eigenvalue weighted by Gasteiger charge is -2.26. The second-order valence-corrected chi connectivity index (χ2v) is 5.38. The number of halogens is 2. The number of aliphatic hydroxyl groups is 1. The molecule has 0 aromatic heterocycles. The van der Waals surface area contributed by atoms with Crippen molar-refractivity contribution in [3.05, 3.63) is 29.8 Å². The number of hydrogen-bond donors (Lipinski definition) is 3. The second kappa shape index (κ2) is 7.68. The van der Waals surface area contributed by atoms with Crippen molar-refractivity contribution >= 4 is 0 Å². The lowest BCUT2D eigenvalue weighted by atomic mass is 10.0. The number of aliphatic hydroxyl groups excluding tert-OH is 1. The van der Waals surface area contributed by atoms with Gasteiger partial charge in [-0.3, -0.25) is 0 Å². The van der Waals surface area contributed by atoms with E-state index in [0.29, 0.717) is 6.54 Å². The standard InChI is InChI=1S/C15H22F2N2O2/c16-15(17)21-12-6-4-10(5-7-12)14(8-18)19-13-3-1-2-11(13)9-20/h4-7,11,13-15,19-20H,1-3,8-9,18H2. The fourth-order valence-corrected chi connectivity index (χ4v) is 2.92. The van der Waals surface area contributed by atoms with Crippen LogP contribution in [0, 0.1) is 5.92 Å². The molecule has 0 heterocycles. The van der Waals surface area contributed by atoms with Crippen molar-refractivity contribution in [2.45, 2.75) is 38.0 Å². The van der Waals surface area contributed by atoms with Crippen LogP contribution >= 0.6 is 0 Å². The average molecular weight is 300 g/mol. The van der Waals surface area contributed by atoms with Crippen LogP contribution in [-0.4, -0.2) is 30.9 Å². The van der Waals surface area contributed by atoms with Gasteiger partial charge in [0.2, 0.25) is 0 Å². The zero-order valence-corrected chi connectivity index (χ0v) is 11.8. The molecule has 6 heteroatoms. The molecule has 2 rings (SSSR count). The molecular formula is C15H22F2N2O2. The number of nitrogens with two attached hydrogens (primary N) is 1. The highest BCUT2D eigenvalue weighted by Gasteiger charge is 2.28. The summed E-state index contributed by atoms with van der Waals surface area (Å²) in [7, 11) is 0. The summed E-state index contributed by atoms with van der Waals surface area (Å²) in [6.07, 6.45) is 3.14. The molecule has 1 fully saturated rings. The Morgan fingerprint density at radius 3 is 2.57 bits per heavy atom. The Labute approximate surface area is 123 Å². The number of ether oxygens (including phenoxy) is 1. The Morgan fingerprint density at radius 2 is 2.00 bits per heavy atom. The van der Waals surface area contributed by atoms with Gasteiger partial charge in [-0.25, -0.2) is 0 Å². The van der Waals surface area contributed by atoms with Crippen molar-refractivity contribution in [2.24, 2.45) is 11.7 Å². The third-order valence-electron chi connectivity index (χ3n) is 4.05. The van der Waals surface area contributed by atoms with E-state index < -0.39 is 6.61 Å². The van der Waals surface area contributed by atoms with Crippen molar-refractivity contribution in [3.8, 4) is 5.75 Å². The Kier molecular flexibility index (Phi) is 5.90. The predicted octanol–water partition coefficient (Wildman–Crippen LogP) is 2.04. The molecule has 0 saturated heterocycles. The van der Waals surface area contributed by atoms with Gasteiger partial charge < -0.3 is 20.9 Å². The summed E-state index contributed by atoms with van der Waals surface area (Å²) in [4.78, 5) is 0. The largest absolute Gasteiger partial charge is 0.435 e. The number of nitrogens with one attached hydrogen (secondary N) is 1. The van der Waals surface area contributed by atoms with E-state index in [4.69, 9.17) is 5.73 Å². The minimum Gasteiger partial charge on any atom is -0.435 e. The predicted molar refractivity (Wildman–Crippen MR) is 76.2 cm³/mol. The summed E-state index contributed by atoms with van der Waals surface area (Å²) in [6, 6.07) is 6.72. The van der Waals surface area contributed by atoms with E-state index in [1.54, 1.807) is 12.1 Å². The van der Waals surface area contributed by atoms with Crippen LogP contribution in [0.2, 0.25) is 0 Å². The summed E-state index contributed by atoms with van der Waals surface area (Å²) in [5.41, 5.74) is 6.75. The SMILES string of the molecule is NCC(NC1CCCC1CO)c1ccc(OC(F)F)cc1. The van der Waals surface area contributed by atoms with E-state index in [0.717, 1.165) is 24.8 Å². The van der Waals surface area contributed by atoms with E-state index in [2.05, 4.69) is 10.1 Å². The lowest BCUT2D eigenvalue weighted by Crippen LogP contribution is -2.39. The maximum absolute atomic E-state index is 12.1.